The molecule has 0 saturated heterocycles. The number of ether oxygens (including phenoxy) is 1. The molecule has 154 valence electrons. The van der Waals surface area contributed by atoms with E-state index in [4.69, 9.17) is 16.3 Å². The maximum Gasteiger partial charge on any atom is 0.338 e. The molecule has 6 nitrogen and oxygen atoms in total. The van der Waals surface area contributed by atoms with Crippen molar-refractivity contribution in [3.63, 3.8) is 0 Å². The van der Waals surface area contributed by atoms with Crippen molar-refractivity contribution in [2.45, 2.75) is 11.8 Å². The summed E-state index contributed by atoms with van der Waals surface area (Å²) in [4.78, 5) is 25.0. The number of halogens is 1. The van der Waals surface area contributed by atoms with Crippen LogP contribution >= 0.6 is 11.6 Å². The number of hydrogen-bond acceptors (Lipinski definition) is 4. The normalized spacial score (nSPS) is 11.4. The number of hydrogen-bond donors (Lipinski definition) is 2. The number of nitrogens with one attached hydrogen (secondary N) is 2. The van der Waals surface area contributed by atoms with Crippen LogP contribution in [-0.2, 0) is 15.7 Å². The smallest absolute Gasteiger partial charge is 0.338 e. The summed E-state index contributed by atoms with van der Waals surface area (Å²) in [7, 11) is -1.57. The molecule has 1 atom stereocenters. The second-order valence-corrected chi connectivity index (χ2v) is 7.77. The number of amides is 1. The zero-order chi connectivity index (χ0) is 21.5. The average molecular weight is 443 g/mol. The van der Waals surface area contributed by atoms with Crippen molar-refractivity contribution in [2.75, 3.05) is 16.6 Å². The molecule has 1 amide bonds. The van der Waals surface area contributed by atoms with E-state index in [-0.39, 0.29) is 5.91 Å². The van der Waals surface area contributed by atoms with E-state index in [0.29, 0.717) is 39.0 Å². The Bertz CT molecular complexity index is 1070. The number of anilines is 2. The largest absolute Gasteiger partial charge is 0.462 e. The lowest BCUT2D eigenvalue weighted by atomic mass is 10.1. The Morgan fingerprint density at radius 3 is 2.30 bits per heavy atom. The van der Waals surface area contributed by atoms with Crippen LogP contribution in [0, 0.1) is 0 Å². The van der Waals surface area contributed by atoms with Crippen LogP contribution in [0.25, 0.3) is 0 Å². The summed E-state index contributed by atoms with van der Waals surface area (Å²) in [5.74, 6) is -0.801. The Hall–Kier alpha value is -3.16. The van der Waals surface area contributed by atoms with Crippen LogP contribution in [0.2, 0.25) is 5.02 Å². The van der Waals surface area contributed by atoms with Crippen molar-refractivity contribution in [2.24, 2.45) is 0 Å². The first-order chi connectivity index (χ1) is 14.5. The van der Waals surface area contributed by atoms with Crippen molar-refractivity contribution in [1.82, 2.24) is 0 Å². The monoisotopic (exact) mass is 442 g/mol. The van der Waals surface area contributed by atoms with E-state index in [1.807, 2.05) is 0 Å². The lowest BCUT2D eigenvalue weighted by molar-refractivity contribution is 0.0526. The summed E-state index contributed by atoms with van der Waals surface area (Å²) in [6.45, 7) is 2.02. The molecule has 0 aromatic heterocycles. The van der Waals surface area contributed by atoms with Gasteiger partial charge < -0.3 is 14.8 Å². The third-order valence-corrected chi connectivity index (χ3v) is 5.41. The molecular formula is C22H19ClN2O4S. The third kappa shape index (κ3) is 5.46. The fraction of sp³-hybridized carbons (Fsp3) is 0.0909. The zero-order valence-corrected chi connectivity index (χ0v) is 17.6. The summed E-state index contributed by atoms with van der Waals surface area (Å²) < 4.78 is 20.4. The number of para-hydroxylation sites is 1. The maximum atomic E-state index is 12.8. The number of benzene rings is 3. The summed E-state index contributed by atoms with van der Waals surface area (Å²) in [5, 5.41) is 3.32. The van der Waals surface area contributed by atoms with E-state index in [1.165, 1.54) is 0 Å². The minimum Gasteiger partial charge on any atom is -0.462 e. The van der Waals surface area contributed by atoms with Crippen molar-refractivity contribution >= 4 is 45.8 Å². The highest BCUT2D eigenvalue weighted by atomic mass is 35.5. The molecule has 8 heteroatoms. The third-order valence-electron chi connectivity index (χ3n) is 4.06. The van der Waals surface area contributed by atoms with Crippen LogP contribution in [0.3, 0.4) is 0 Å². The zero-order valence-electron chi connectivity index (χ0n) is 16.1. The molecule has 30 heavy (non-hydrogen) atoms. The van der Waals surface area contributed by atoms with Gasteiger partial charge >= 0.3 is 5.97 Å². The molecule has 3 rings (SSSR count). The van der Waals surface area contributed by atoms with Gasteiger partial charge in [-0.15, -0.1) is 0 Å². The molecule has 0 radical (unpaired) electrons. The van der Waals surface area contributed by atoms with E-state index in [2.05, 4.69) is 10.0 Å². The molecule has 0 fully saturated rings. The predicted molar refractivity (Wildman–Crippen MR) is 118 cm³/mol. The summed E-state index contributed by atoms with van der Waals surface area (Å²) in [6, 6.07) is 19.7. The molecular weight excluding hydrogens is 424 g/mol. The number of rotatable bonds is 7. The van der Waals surface area contributed by atoms with Gasteiger partial charge in [0.1, 0.15) is 11.0 Å². The number of carbonyl (C=O) groups excluding carboxylic acids is 2. The minimum atomic E-state index is -1.57. The van der Waals surface area contributed by atoms with Gasteiger partial charge in [0.15, 0.2) is 0 Å². The highest BCUT2D eigenvalue weighted by Crippen LogP contribution is 2.21. The van der Waals surface area contributed by atoms with Crippen molar-refractivity contribution in [3.8, 4) is 0 Å². The molecule has 0 aliphatic rings. The second-order valence-electron chi connectivity index (χ2n) is 6.12. The van der Waals surface area contributed by atoms with Gasteiger partial charge in [0.25, 0.3) is 5.91 Å². The van der Waals surface area contributed by atoms with Gasteiger partial charge in [0.2, 0.25) is 0 Å². The highest BCUT2D eigenvalue weighted by molar-refractivity contribution is 7.86. The lowest BCUT2D eigenvalue weighted by Crippen LogP contribution is -2.16. The lowest BCUT2D eigenvalue weighted by Gasteiger charge is -2.12. The van der Waals surface area contributed by atoms with E-state index in [9.17, 15) is 13.8 Å². The van der Waals surface area contributed by atoms with Gasteiger partial charge in [-0.25, -0.2) is 9.00 Å². The minimum absolute atomic E-state index is 0.290. The Labute approximate surface area is 181 Å². The molecule has 2 N–H and O–H groups in total. The summed E-state index contributed by atoms with van der Waals surface area (Å²) in [5.41, 5.74) is 1.66. The van der Waals surface area contributed by atoms with Crippen LogP contribution in [0.5, 0.6) is 0 Å². The van der Waals surface area contributed by atoms with Crippen molar-refractivity contribution in [1.29, 1.82) is 0 Å². The highest BCUT2D eigenvalue weighted by Gasteiger charge is 2.14. The standard InChI is InChI=1S/C22H19ClN2O4S/c1-2-29-22(27)15-7-11-17(12-8-15)24-21(26)19-5-3-4-6-20(19)25-30(28)18-13-9-16(23)10-14-18/h3-14,25H,2H2,1H3,(H,24,26). The maximum absolute atomic E-state index is 12.8. The molecule has 1 unspecified atom stereocenters. The van der Waals surface area contributed by atoms with Crippen LogP contribution in [-0.4, -0.2) is 22.7 Å². The quantitative estimate of drug-likeness (QED) is 0.509. The molecule has 0 saturated carbocycles. The molecule has 0 heterocycles. The van der Waals surface area contributed by atoms with Crippen LogP contribution in [0.4, 0.5) is 11.4 Å². The van der Waals surface area contributed by atoms with Crippen molar-refractivity contribution < 1.29 is 18.5 Å². The van der Waals surface area contributed by atoms with Gasteiger partial charge in [-0.1, -0.05) is 23.7 Å². The topological polar surface area (TPSA) is 84.5 Å². The first kappa shape index (κ1) is 21.5. The van der Waals surface area contributed by atoms with Gasteiger partial charge in [-0.05, 0) is 67.6 Å². The van der Waals surface area contributed by atoms with Crippen LogP contribution < -0.4 is 10.0 Å². The molecule has 0 aliphatic carbocycles. The second kappa shape index (κ2) is 10.0. The molecule has 0 bridgehead atoms. The van der Waals surface area contributed by atoms with Gasteiger partial charge in [0, 0.05) is 10.7 Å². The fourth-order valence-corrected chi connectivity index (χ4v) is 3.59. The first-order valence-corrected chi connectivity index (χ1v) is 10.6. The Morgan fingerprint density at radius 2 is 1.63 bits per heavy atom. The Balaban J connectivity index is 1.73. The van der Waals surface area contributed by atoms with Crippen LogP contribution in [0.15, 0.2) is 77.7 Å². The average Bonchev–Trinajstić information content (AvgIpc) is 2.75. The SMILES string of the molecule is CCOC(=O)c1ccc(NC(=O)c2ccccc2NS(=O)c2ccc(Cl)cc2)cc1. The Morgan fingerprint density at radius 1 is 0.967 bits per heavy atom. The van der Waals surface area contributed by atoms with E-state index in [1.54, 1.807) is 79.7 Å². The van der Waals surface area contributed by atoms with Gasteiger partial charge in [-0.3, -0.25) is 4.79 Å². The number of carbonyl (C=O) groups is 2. The van der Waals surface area contributed by atoms with Crippen molar-refractivity contribution in [3.05, 3.63) is 88.9 Å². The summed E-state index contributed by atoms with van der Waals surface area (Å²) in [6.07, 6.45) is 0. The predicted octanol–water partition coefficient (Wildman–Crippen LogP) is 4.90. The Kier molecular flexibility index (Phi) is 7.21. The van der Waals surface area contributed by atoms with Gasteiger partial charge in [0.05, 0.1) is 28.3 Å². The van der Waals surface area contributed by atoms with E-state index < -0.39 is 17.0 Å². The van der Waals surface area contributed by atoms with Crippen LogP contribution in [0.1, 0.15) is 27.6 Å². The molecule has 3 aromatic carbocycles. The molecule has 0 spiro atoms. The fourth-order valence-electron chi connectivity index (χ4n) is 2.59. The molecule has 0 aliphatic heterocycles. The summed E-state index contributed by atoms with van der Waals surface area (Å²) >= 11 is 5.87. The van der Waals surface area contributed by atoms with E-state index >= 15 is 0 Å². The number of esters is 1. The first-order valence-electron chi connectivity index (χ1n) is 9.09. The molecule has 3 aromatic rings. The van der Waals surface area contributed by atoms with Gasteiger partial charge in [-0.2, -0.15) is 0 Å². The van der Waals surface area contributed by atoms with E-state index in [0.717, 1.165) is 0 Å².